The highest BCUT2D eigenvalue weighted by atomic mass is 35.5. The van der Waals surface area contributed by atoms with Crippen LogP contribution < -0.4 is 0 Å². The number of hydrogen-bond donors (Lipinski definition) is 0. The normalized spacial score (nSPS) is 10.4. The monoisotopic (exact) mass is 269 g/mol. The van der Waals surface area contributed by atoms with Crippen LogP contribution in [0.25, 0.3) is 0 Å². The first-order valence-electron chi connectivity index (χ1n) is 4.73. The summed E-state index contributed by atoms with van der Waals surface area (Å²) in [5, 5.41) is 1.49. The molecule has 1 nitrogen and oxygen atoms in total. The minimum Gasteiger partial charge on any atom is -0.260 e. The molecule has 0 radical (unpaired) electrons. The minimum atomic E-state index is 0.713. The van der Waals surface area contributed by atoms with Gasteiger partial charge in [-0.05, 0) is 24.3 Å². The van der Waals surface area contributed by atoms with Crippen LogP contribution in [0.1, 0.15) is 5.69 Å². The van der Waals surface area contributed by atoms with Crippen LogP contribution in [-0.2, 0) is 5.75 Å². The second-order valence-corrected chi connectivity index (χ2v) is 5.05. The Morgan fingerprint density at radius 2 is 1.94 bits per heavy atom. The molecule has 4 heteroatoms. The van der Waals surface area contributed by atoms with Gasteiger partial charge in [-0.25, -0.2) is 0 Å². The third-order valence-corrected chi connectivity index (χ3v) is 3.77. The van der Waals surface area contributed by atoms with E-state index in [1.807, 2.05) is 30.3 Å². The first kappa shape index (κ1) is 11.8. The number of halogens is 2. The lowest BCUT2D eigenvalue weighted by atomic mass is 10.4. The molecule has 2 rings (SSSR count). The van der Waals surface area contributed by atoms with Gasteiger partial charge in [-0.1, -0.05) is 35.3 Å². The van der Waals surface area contributed by atoms with Gasteiger partial charge >= 0.3 is 0 Å². The number of thioether (sulfide) groups is 1. The average Bonchev–Trinajstić information content (AvgIpc) is 2.28. The minimum absolute atomic E-state index is 0.713. The highest BCUT2D eigenvalue weighted by molar-refractivity contribution is 7.98. The van der Waals surface area contributed by atoms with Crippen molar-refractivity contribution >= 4 is 35.0 Å². The number of aromatic nitrogens is 1. The van der Waals surface area contributed by atoms with Crippen LogP contribution in [0.5, 0.6) is 0 Å². The Labute approximate surface area is 109 Å². The molecule has 0 bridgehead atoms. The van der Waals surface area contributed by atoms with Gasteiger partial charge in [0.2, 0.25) is 0 Å². The number of rotatable bonds is 3. The fourth-order valence-corrected chi connectivity index (χ4v) is 2.56. The molecule has 1 aromatic carbocycles. The molecule has 82 valence electrons. The Morgan fingerprint density at radius 1 is 1.12 bits per heavy atom. The van der Waals surface area contributed by atoms with E-state index in [-0.39, 0.29) is 0 Å². The van der Waals surface area contributed by atoms with Crippen molar-refractivity contribution in [1.82, 2.24) is 4.98 Å². The van der Waals surface area contributed by atoms with Gasteiger partial charge in [-0.15, -0.1) is 11.8 Å². The van der Waals surface area contributed by atoms with Crippen molar-refractivity contribution in [2.75, 3.05) is 0 Å². The smallest absolute Gasteiger partial charge is 0.0541 e. The molecule has 0 aliphatic heterocycles. The van der Waals surface area contributed by atoms with Crippen molar-refractivity contribution in [2.24, 2.45) is 0 Å². The standard InChI is InChI=1S/C12H9Cl2NS/c13-9-5-6-15-10(7-9)8-16-12-4-2-1-3-11(12)14/h1-7H,8H2. The molecule has 0 saturated heterocycles. The molecule has 0 amide bonds. The van der Waals surface area contributed by atoms with Gasteiger partial charge in [0.1, 0.15) is 0 Å². The van der Waals surface area contributed by atoms with Crippen molar-refractivity contribution in [3.8, 4) is 0 Å². The van der Waals surface area contributed by atoms with Crippen LogP contribution in [0, 0.1) is 0 Å². The molecule has 0 unspecified atom stereocenters. The first-order valence-corrected chi connectivity index (χ1v) is 6.47. The third kappa shape index (κ3) is 3.14. The second kappa shape index (κ2) is 5.58. The lowest BCUT2D eigenvalue weighted by Gasteiger charge is -2.03. The zero-order valence-electron chi connectivity index (χ0n) is 8.36. The quantitative estimate of drug-likeness (QED) is 0.751. The molecule has 0 fully saturated rings. The predicted molar refractivity (Wildman–Crippen MR) is 70.3 cm³/mol. The molecule has 0 spiro atoms. The van der Waals surface area contributed by atoms with E-state index in [1.165, 1.54) is 0 Å². The van der Waals surface area contributed by atoms with Gasteiger partial charge in [-0.3, -0.25) is 4.98 Å². The predicted octanol–water partition coefficient (Wildman–Crippen LogP) is 4.68. The van der Waals surface area contributed by atoms with Crippen molar-refractivity contribution in [1.29, 1.82) is 0 Å². The summed E-state index contributed by atoms with van der Waals surface area (Å²) < 4.78 is 0. The van der Waals surface area contributed by atoms with Crippen molar-refractivity contribution in [2.45, 2.75) is 10.6 Å². The zero-order chi connectivity index (χ0) is 11.4. The van der Waals surface area contributed by atoms with E-state index in [4.69, 9.17) is 23.2 Å². The summed E-state index contributed by atoms with van der Waals surface area (Å²) in [6.45, 7) is 0. The fourth-order valence-electron chi connectivity index (χ4n) is 1.24. The van der Waals surface area contributed by atoms with Crippen LogP contribution in [-0.4, -0.2) is 4.98 Å². The second-order valence-electron chi connectivity index (χ2n) is 3.18. The van der Waals surface area contributed by atoms with Gasteiger partial charge in [0, 0.05) is 21.9 Å². The first-order chi connectivity index (χ1) is 7.75. The van der Waals surface area contributed by atoms with Gasteiger partial charge in [0.05, 0.1) is 10.7 Å². The highest BCUT2D eigenvalue weighted by Crippen LogP contribution is 2.29. The summed E-state index contributed by atoms with van der Waals surface area (Å²) in [5.74, 6) is 0.768. The van der Waals surface area contributed by atoms with Crippen molar-refractivity contribution in [3.63, 3.8) is 0 Å². The maximum Gasteiger partial charge on any atom is 0.0541 e. The van der Waals surface area contributed by atoms with Crippen molar-refractivity contribution < 1.29 is 0 Å². The van der Waals surface area contributed by atoms with Gasteiger partial charge in [0.25, 0.3) is 0 Å². The van der Waals surface area contributed by atoms with E-state index in [1.54, 1.807) is 24.0 Å². The summed E-state index contributed by atoms with van der Waals surface area (Å²) >= 11 is 13.6. The SMILES string of the molecule is Clc1ccnc(CSc2ccccc2Cl)c1. The Kier molecular flexibility index (Phi) is 4.10. The molecule has 0 atom stereocenters. The molecule has 0 aliphatic rings. The number of benzene rings is 1. The average molecular weight is 270 g/mol. The van der Waals surface area contributed by atoms with Gasteiger partial charge in [-0.2, -0.15) is 0 Å². The van der Waals surface area contributed by atoms with E-state index in [0.717, 1.165) is 21.4 Å². The molecule has 0 saturated carbocycles. The summed E-state index contributed by atoms with van der Waals surface area (Å²) in [4.78, 5) is 5.30. The fraction of sp³-hybridized carbons (Fsp3) is 0.0833. The topological polar surface area (TPSA) is 12.9 Å². The lowest BCUT2D eigenvalue weighted by molar-refractivity contribution is 1.17. The number of pyridine rings is 1. The number of nitrogens with zero attached hydrogens (tertiary/aromatic N) is 1. The molecule has 0 aliphatic carbocycles. The summed E-state index contributed by atoms with van der Waals surface area (Å²) in [6, 6.07) is 11.4. The van der Waals surface area contributed by atoms with Crippen LogP contribution in [0.3, 0.4) is 0 Å². The van der Waals surface area contributed by atoms with E-state index in [9.17, 15) is 0 Å². The molecule has 1 heterocycles. The van der Waals surface area contributed by atoms with Crippen molar-refractivity contribution in [3.05, 3.63) is 58.3 Å². The lowest BCUT2D eigenvalue weighted by Crippen LogP contribution is -1.85. The highest BCUT2D eigenvalue weighted by Gasteiger charge is 2.01. The Balaban J connectivity index is 2.05. The molecular weight excluding hydrogens is 261 g/mol. The van der Waals surface area contributed by atoms with E-state index in [2.05, 4.69) is 4.98 Å². The number of hydrogen-bond acceptors (Lipinski definition) is 2. The largest absolute Gasteiger partial charge is 0.260 e. The van der Waals surface area contributed by atoms with E-state index >= 15 is 0 Å². The van der Waals surface area contributed by atoms with Gasteiger partial charge in [0.15, 0.2) is 0 Å². The molecule has 2 aromatic rings. The van der Waals surface area contributed by atoms with Crippen LogP contribution >= 0.6 is 35.0 Å². The Bertz CT molecular complexity index is 488. The van der Waals surface area contributed by atoms with Gasteiger partial charge < -0.3 is 0 Å². The maximum atomic E-state index is 6.05. The third-order valence-electron chi connectivity index (χ3n) is 1.99. The molecule has 1 aromatic heterocycles. The molecule has 0 N–H and O–H groups in total. The van der Waals surface area contributed by atoms with E-state index in [0.29, 0.717) is 5.02 Å². The Hall–Kier alpha value is -0.700. The Morgan fingerprint density at radius 3 is 2.69 bits per heavy atom. The summed E-state index contributed by atoms with van der Waals surface area (Å²) in [7, 11) is 0. The molecule has 16 heavy (non-hydrogen) atoms. The zero-order valence-corrected chi connectivity index (χ0v) is 10.7. The van der Waals surface area contributed by atoms with Crippen LogP contribution in [0.15, 0.2) is 47.5 Å². The van der Waals surface area contributed by atoms with Crippen LogP contribution in [0.4, 0.5) is 0 Å². The molecular formula is C12H9Cl2NS. The van der Waals surface area contributed by atoms with E-state index < -0.39 is 0 Å². The maximum absolute atomic E-state index is 6.05. The summed E-state index contributed by atoms with van der Waals surface area (Å²) in [5.41, 5.74) is 0.956. The summed E-state index contributed by atoms with van der Waals surface area (Å²) in [6.07, 6.45) is 1.71. The van der Waals surface area contributed by atoms with Crippen LogP contribution in [0.2, 0.25) is 10.0 Å².